The molecule has 1 heterocycles. The number of carbonyl (C=O) groups is 2. The maximum Gasteiger partial charge on any atom is 0.338 e. The molecule has 0 radical (unpaired) electrons. The van der Waals surface area contributed by atoms with E-state index in [2.05, 4.69) is 0 Å². The maximum absolute atomic E-state index is 12.4. The van der Waals surface area contributed by atoms with Crippen LogP contribution in [0.25, 0.3) is 11.6 Å². The molecular formula is C16H13NO3. The van der Waals surface area contributed by atoms with Crippen LogP contribution in [0, 0.1) is 0 Å². The largest absolute Gasteiger partial charge is 0.465 e. The molecule has 4 heteroatoms. The number of hydrogen-bond donors (Lipinski definition) is 0. The van der Waals surface area contributed by atoms with Gasteiger partial charge in [-0.15, -0.1) is 0 Å². The summed E-state index contributed by atoms with van der Waals surface area (Å²) in [6, 6.07) is 8.78. The first-order valence-corrected chi connectivity index (χ1v) is 6.23. The van der Waals surface area contributed by atoms with E-state index in [0.717, 1.165) is 5.69 Å². The number of allylic oxidation sites excluding steroid dienone is 1. The molecule has 3 rings (SSSR count). The minimum absolute atomic E-state index is 0.0584. The summed E-state index contributed by atoms with van der Waals surface area (Å²) in [4.78, 5) is 24.2. The van der Waals surface area contributed by atoms with Gasteiger partial charge < -0.3 is 9.30 Å². The van der Waals surface area contributed by atoms with E-state index in [-0.39, 0.29) is 5.78 Å². The van der Waals surface area contributed by atoms with E-state index in [0.29, 0.717) is 22.3 Å². The summed E-state index contributed by atoms with van der Waals surface area (Å²) in [5, 5.41) is 0. The number of ether oxygens (including phenoxy) is 1. The van der Waals surface area contributed by atoms with Crippen molar-refractivity contribution in [1.82, 2.24) is 4.57 Å². The summed E-state index contributed by atoms with van der Waals surface area (Å²) >= 11 is 0. The van der Waals surface area contributed by atoms with E-state index in [9.17, 15) is 9.59 Å². The minimum atomic E-state index is -0.440. The van der Waals surface area contributed by atoms with Crippen LogP contribution in [0.1, 0.15) is 32.0 Å². The molecule has 0 aliphatic heterocycles. The van der Waals surface area contributed by atoms with Crippen molar-refractivity contribution >= 4 is 23.4 Å². The second kappa shape index (κ2) is 4.49. The Bertz CT molecular complexity index is 753. The SMILES string of the molecule is COC(=O)c1ccccc1C1=Cc2c(ccn2C)C1=O. The molecule has 0 amide bonds. The Morgan fingerprint density at radius 3 is 2.60 bits per heavy atom. The molecule has 1 aromatic carbocycles. The molecule has 0 unspecified atom stereocenters. The van der Waals surface area contributed by atoms with Gasteiger partial charge in [0, 0.05) is 29.9 Å². The van der Waals surface area contributed by atoms with Gasteiger partial charge >= 0.3 is 5.97 Å². The molecule has 100 valence electrons. The van der Waals surface area contributed by atoms with E-state index in [1.807, 2.05) is 23.9 Å². The third-order valence-electron chi connectivity index (χ3n) is 3.51. The smallest absolute Gasteiger partial charge is 0.338 e. The second-order valence-electron chi connectivity index (χ2n) is 4.65. The topological polar surface area (TPSA) is 48.3 Å². The van der Waals surface area contributed by atoms with E-state index < -0.39 is 5.97 Å². The molecule has 1 aliphatic carbocycles. The van der Waals surface area contributed by atoms with Crippen molar-refractivity contribution in [1.29, 1.82) is 0 Å². The molecule has 0 N–H and O–H groups in total. The lowest BCUT2D eigenvalue weighted by Crippen LogP contribution is -2.07. The van der Waals surface area contributed by atoms with Crippen molar-refractivity contribution in [3.63, 3.8) is 0 Å². The number of fused-ring (bicyclic) bond motifs is 1. The monoisotopic (exact) mass is 267 g/mol. The number of carbonyl (C=O) groups excluding carboxylic acids is 2. The average Bonchev–Trinajstić information content (AvgIpc) is 2.99. The Morgan fingerprint density at radius 1 is 1.15 bits per heavy atom. The Hall–Kier alpha value is -2.62. The average molecular weight is 267 g/mol. The van der Waals surface area contributed by atoms with Gasteiger partial charge in [0.15, 0.2) is 5.78 Å². The Labute approximate surface area is 116 Å². The van der Waals surface area contributed by atoms with E-state index in [4.69, 9.17) is 4.74 Å². The van der Waals surface area contributed by atoms with E-state index in [1.54, 1.807) is 30.3 Å². The summed E-state index contributed by atoms with van der Waals surface area (Å²) in [6.45, 7) is 0. The number of hydrogen-bond acceptors (Lipinski definition) is 3. The van der Waals surface area contributed by atoms with Crippen LogP contribution in [-0.2, 0) is 11.8 Å². The number of ketones is 1. The highest BCUT2D eigenvalue weighted by Crippen LogP contribution is 2.33. The summed E-state index contributed by atoms with van der Waals surface area (Å²) < 4.78 is 6.66. The minimum Gasteiger partial charge on any atom is -0.465 e. The highest BCUT2D eigenvalue weighted by Gasteiger charge is 2.28. The predicted molar refractivity (Wildman–Crippen MR) is 75.4 cm³/mol. The van der Waals surface area contributed by atoms with E-state index >= 15 is 0 Å². The van der Waals surface area contributed by atoms with Gasteiger partial charge in [0.1, 0.15) is 0 Å². The summed E-state index contributed by atoms with van der Waals surface area (Å²) in [5.41, 5.74) is 3.09. The number of esters is 1. The number of aromatic nitrogens is 1. The van der Waals surface area contributed by atoms with Crippen molar-refractivity contribution in [2.24, 2.45) is 7.05 Å². The normalized spacial score (nSPS) is 13.1. The van der Waals surface area contributed by atoms with Gasteiger partial charge in [-0.1, -0.05) is 18.2 Å². The third kappa shape index (κ3) is 1.69. The number of nitrogens with zero attached hydrogens (tertiary/aromatic N) is 1. The highest BCUT2D eigenvalue weighted by atomic mass is 16.5. The van der Waals surface area contributed by atoms with Crippen LogP contribution >= 0.6 is 0 Å². The number of rotatable bonds is 2. The number of methoxy groups -OCH3 is 1. The quantitative estimate of drug-likeness (QED) is 0.786. The maximum atomic E-state index is 12.4. The second-order valence-corrected chi connectivity index (χ2v) is 4.65. The highest BCUT2D eigenvalue weighted by molar-refractivity contribution is 6.38. The Balaban J connectivity index is 2.15. The summed E-state index contributed by atoms with van der Waals surface area (Å²) in [6.07, 6.45) is 3.67. The van der Waals surface area contributed by atoms with Crippen LogP contribution in [0.15, 0.2) is 36.5 Å². The molecule has 0 bridgehead atoms. The molecule has 0 saturated heterocycles. The molecule has 0 spiro atoms. The standard InChI is InChI=1S/C16H13NO3/c1-17-8-7-12-14(17)9-13(15(12)18)10-5-3-4-6-11(10)16(19)20-2/h3-9H,1-2H3. The molecule has 20 heavy (non-hydrogen) atoms. The fourth-order valence-corrected chi connectivity index (χ4v) is 2.47. The van der Waals surface area contributed by atoms with Crippen molar-refractivity contribution in [3.8, 4) is 0 Å². The van der Waals surface area contributed by atoms with Crippen molar-refractivity contribution < 1.29 is 14.3 Å². The first-order chi connectivity index (χ1) is 9.63. The van der Waals surface area contributed by atoms with Crippen molar-refractivity contribution in [2.45, 2.75) is 0 Å². The van der Waals surface area contributed by atoms with Crippen molar-refractivity contribution in [2.75, 3.05) is 7.11 Å². The molecule has 0 fully saturated rings. The molecule has 4 nitrogen and oxygen atoms in total. The molecule has 0 atom stereocenters. The zero-order valence-electron chi connectivity index (χ0n) is 11.2. The first kappa shape index (κ1) is 12.4. The lowest BCUT2D eigenvalue weighted by Gasteiger charge is -2.07. The van der Waals surface area contributed by atoms with Gasteiger partial charge in [-0.3, -0.25) is 4.79 Å². The number of aryl methyl sites for hydroxylation is 1. The van der Waals surface area contributed by atoms with Crippen LogP contribution < -0.4 is 0 Å². The van der Waals surface area contributed by atoms with Gasteiger partial charge in [-0.2, -0.15) is 0 Å². The van der Waals surface area contributed by atoms with Gasteiger partial charge in [-0.05, 0) is 18.2 Å². The number of benzene rings is 1. The molecule has 1 aliphatic rings. The Kier molecular flexibility index (Phi) is 2.79. The third-order valence-corrected chi connectivity index (χ3v) is 3.51. The Morgan fingerprint density at radius 2 is 1.90 bits per heavy atom. The van der Waals surface area contributed by atoms with Crippen LogP contribution in [0.4, 0.5) is 0 Å². The van der Waals surface area contributed by atoms with Crippen molar-refractivity contribution in [3.05, 3.63) is 58.9 Å². The van der Waals surface area contributed by atoms with Gasteiger partial charge in [0.25, 0.3) is 0 Å². The first-order valence-electron chi connectivity index (χ1n) is 6.23. The summed E-state index contributed by atoms with van der Waals surface area (Å²) in [5.74, 6) is -0.498. The molecule has 1 aromatic heterocycles. The van der Waals surface area contributed by atoms with Gasteiger partial charge in [0.05, 0.1) is 18.4 Å². The molecular weight excluding hydrogens is 254 g/mol. The van der Waals surface area contributed by atoms with Crippen LogP contribution in [0.5, 0.6) is 0 Å². The molecule has 2 aromatic rings. The van der Waals surface area contributed by atoms with Gasteiger partial charge in [0.2, 0.25) is 0 Å². The lowest BCUT2D eigenvalue weighted by atomic mass is 9.97. The molecule has 0 saturated carbocycles. The zero-order chi connectivity index (χ0) is 14.3. The number of Topliss-reactive ketones (excluding diaryl/α,β-unsaturated/α-hetero) is 1. The summed E-state index contributed by atoms with van der Waals surface area (Å²) in [7, 11) is 3.22. The predicted octanol–water partition coefficient (Wildman–Crippen LogP) is 2.55. The van der Waals surface area contributed by atoms with Crippen LogP contribution in [0.2, 0.25) is 0 Å². The van der Waals surface area contributed by atoms with Crippen LogP contribution in [-0.4, -0.2) is 23.4 Å². The van der Waals surface area contributed by atoms with E-state index in [1.165, 1.54) is 7.11 Å². The lowest BCUT2D eigenvalue weighted by molar-refractivity contribution is 0.0600. The van der Waals surface area contributed by atoms with Crippen LogP contribution in [0.3, 0.4) is 0 Å². The fraction of sp³-hybridized carbons (Fsp3) is 0.125. The fourth-order valence-electron chi connectivity index (χ4n) is 2.47. The van der Waals surface area contributed by atoms with Gasteiger partial charge in [-0.25, -0.2) is 4.79 Å². The zero-order valence-corrected chi connectivity index (χ0v) is 11.2.